The third kappa shape index (κ3) is 4.09. The number of carbonyl (C=O) groups is 1. The molecule has 3 rings (SSSR count). The van der Waals surface area contributed by atoms with E-state index in [9.17, 15) is 9.59 Å². The van der Waals surface area contributed by atoms with E-state index in [-0.39, 0.29) is 23.7 Å². The lowest BCUT2D eigenvalue weighted by Crippen LogP contribution is -2.49. The smallest absolute Gasteiger partial charge is 0.407 e. The fraction of sp³-hybridized carbons (Fsp3) is 0.625. The third-order valence-electron chi connectivity index (χ3n) is 4.00. The van der Waals surface area contributed by atoms with Crippen LogP contribution in [0.1, 0.15) is 40.5 Å². The summed E-state index contributed by atoms with van der Waals surface area (Å²) >= 11 is 1.40. The van der Waals surface area contributed by atoms with Gasteiger partial charge in [-0.15, -0.1) is 5.10 Å². The molecule has 1 fully saturated rings. The van der Waals surface area contributed by atoms with Gasteiger partial charge in [0.05, 0.1) is 0 Å². The van der Waals surface area contributed by atoms with E-state index in [0.717, 1.165) is 24.5 Å². The quantitative estimate of drug-likeness (QED) is 0.876. The maximum Gasteiger partial charge on any atom is 0.407 e. The highest BCUT2D eigenvalue weighted by molar-refractivity contribution is 7.20. The zero-order chi connectivity index (χ0) is 18.2. The second kappa shape index (κ2) is 6.62. The van der Waals surface area contributed by atoms with Crippen molar-refractivity contribution in [2.45, 2.75) is 58.2 Å². The first-order valence-electron chi connectivity index (χ1n) is 8.34. The minimum Gasteiger partial charge on any atom is -0.444 e. The van der Waals surface area contributed by atoms with Crippen LogP contribution in [-0.4, -0.2) is 44.9 Å². The first-order valence-corrected chi connectivity index (χ1v) is 9.15. The van der Waals surface area contributed by atoms with Crippen molar-refractivity contribution < 1.29 is 9.53 Å². The van der Waals surface area contributed by atoms with Crippen LogP contribution in [0.4, 0.5) is 9.93 Å². The van der Waals surface area contributed by atoms with Gasteiger partial charge >= 0.3 is 6.09 Å². The molecule has 0 saturated carbocycles. The summed E-state index contributed by atoms with van der Waals surface area (Å²) in [4.78, 5) is 30.7. The van der Waals surface area contributed by atoms with Gasteiger partial charge in [0, 0.05) is 30.9 Å². The minimum absolute atomic E-state index is 0.0660. The number of hydrogen-bond donors (Lipinski definition) is 1. The Kier molecular flexibility index (Phi) is 4.68. The lowest BCUT2D eigenvalue weighted by atomic mass is 9.99. The molecule has 1 amide bonds. The van der Waals surface area contributed by atoms with Gasteiger partial charge in [-0.1, -0.05) is 11.3 Å². The van der Waals surface area contributed by atoms with Gasteiger partial charge in [0.2, 0.25) is 10.1 Å². The van der Waals surface area contributed by atoms with Crippen LogP contribution < -0.4 is 15.8 Å². The molecule has 0 aliphatic carbocycles. The molecule has 2 atom stereocenters. The van der Waals surface area contributed by atoms with E-state index in [2.05, 4.69) is 27.2 Å². The van der Waals surface area contributed by atoms with E-state index in [1.54, 1.807) is 0 Å². The molecule has 2 unspecified atom stereocenters. The van der Waals surface area contributed by atoms with Gasteiger partial charge in [-0.05, 0) is 40.5 Å². The van der Waals surface area contributed by atoms with Crippen LogP contribution in [0.5, 0.6) is 0 Å². The first kappa shape index (κ1) is 17.7. The number of carbonyl (C=O) groups excluding carboxylic acids is 1. The number of fused-ring (bicyclic) bond motifs is 1. The summed E-state index contributed by atoms with van der Waals surface area (Å²) in [6, 6.07) is 1.65. The molecule has 2 aromatic heterocycles. The number of ether oxygens (including phenoxy) is 1. The molecular formula is C16H23N5O3S. The number of nitrogens with one attached hydrogen (secondary N) is 1. The van der Waals surface area contributed by atoms with E-state index in [1.165, 1.54) is 28.1 Å². The fourth-order valence-electron chi connectivity index (χ4n) is 2.91. The van der Waals surface area contributed by atoms with E-state index < -0.39 is 5.60 Å². The summed E-state index contributed by atoms with van der Waals surface area (Å²) in [5, 5.41) is 8.11. The number of alkyl carbamates (subject to hydrolysis) is 1. The van der Waals surface area contributed by atoms with Gasteiger partial charge in [-0.25, -0.2) is 9.78 Å². The molecule has 2 aromatic rings. The predicted octanol–water partition coefficient (Wildman–Crippen LogP) is 2.03. The Morgan fingerprint density at radius 2 is 2.20 bits per heavy atom. The standard InChI is InChI=1S/C16H23N5O3S/c1-10-9-11(18-15(23)24-16(2,3)4)6-8-20(10)14-19-21-12(22)5-7-17-13(21)25-14/h5,7,10-11H,6,8-9H2,1-4H3,(H,18,23). The molecule has 136 valence electrons. The van der Waals surface area contributed by atoms with Gasteiger partial charge < -0.3 is 15.0 Å². The van der Waals surface area contributed by atoms with Crippen molar-refractivity contribution in [3.8, 4) is 0 Å². The van der Waals surface area contributed by atoms with Crippen molar-refractivity contribution in [2.75, 3.05) is 11.4 Å². The molecule has 8 nitrogen and oxygen atoms in total. The van der Waals surface area contributed by atoms with Crippen LogP contribution in [0.15, 0.2) is 17.1 Å². The maximum absolute atomic E-state index is 11.9. The maximum atomic E-state index is 11.9. The Hall–Kier alpha value is -2.16. The molecule has 1 saturated heterocycles. The SMILES string of the molecule is CC1CC(NC(=O)OC(C)(C)C)CCN1c1nn2c(=O)ccnc2s1. The Balaban J connectivity index is 1.66. The van der Waals surface area contributed by atoms with Crippen LogP contribution >= 0.6 is 11.3 Å². The van der Waals surface area contributed by atoms with Crippen LogP contribution in [-0.2, 0) is 4.74 Å². The van der Waals surface area contributed by atoms with Crippen molar-refractivity contribution in [3.05, 3.63) is 22.6 Å². The summed E-state index contributed by atoms with van der Waals surface area (Å²) in [6.45, 7) is 8.38. The van der Waals surface area contributed by atoms with Crippen molar-refractivity contribution in [3.63, 3.8) is 0 Å². The predicted molar refractivity (Wildman–Crippen MR) is 96.3 cm³/mol. The van der Waals surface area contributed by atoms with Gasteiger partial charge in [-0.2, -0.15) is 4.52 Å². The summed E-state index contributed by atoms with van der Waals surface area (Å²) < 4.78 is 6.65. The highest BCUT2D eigenvalue weighted by Gasteiger charge is 2.30. The molecule has 0 radical (unpaired) electrons. The number of amides is 1. The highest BCUT2D eigenvalue weighted by Crippen LogP contribution is 2.28. The van der Waals surface area contributed by atoms with E-state index in [1.807, 2.05) is 20.8 Å². The number of aromatic nitrogens is 3. The summed E-state index contributed by atoms with van der Waals surface area (Å²) in [6.07, 6.45) is 2.70. The van der Waals surface area contributed by atoms with Crippen molar-refractivity contribution in [1.82, 2.24) is 19.9 Å². The molecule has 0 bridgehead atoms. The lowest BCUT2D eigenvalue weighted by Gasteiger charge is -2.37. The molecule has 0 spiro atoms. The largest absolute Gasteiger partial charge is 0.444 e. The molecular weight excluding hydrogens is 342 g/mol. The van der Waals surface area contributed by atoms with Crippen LogP contribution in [0, 0.1) is 0 Å². The average molecular weight is 365 g/mol. The summed E-state index contributed by atoms with van der Waals surface area (Å²) in [5.74, 6) is 0. The van der Waals surface area contributed by atoms with E-state index >= 15 is 0 Å². The molecule has 9 heteroatoms. The summed E-state index contributed by atoms with van der Waals surface area (Å²) in [7, 11) is 0. The molecule has 0 aromatic carbocycles. The molecule has 3 heterocycles. The second-order valence-electron chi connectivity index (χ2n) is 7.27. The number of hydrogen-bond acceptors (Lipinski definition) is 7. The molecule has 25 heavy (non-hydrogen) atoms. The Bertz CT molecular complexity index is 825. The van der Waals surface area contributed by atoms with E-state index in [4.69, 9.17) is 4.74 Å². The monoisotopic (exact) mass is 365 g/mol. The average Bonchev–Trinajstić information content (AvgIpc) is 2.90. The number of piperidine rings is 1. The Labute approximate surface area is 149 Å². The van der Waals surface area contributed by atoms with Crippen molar-refractivity contribution >= 4 is 27.5 Å². The zero-order valence-corrected chi connectivity index (χ0v) is 15.7. The van der Waals surface area contributed by atoms with Gasteiger partial charge in [0.15, 0.2) is 0 Å². The zero-order valence-electron chi connectivity index (χ0n) is 14.9. The number of nitrogens with zero attached hydrogens (tertiary/aromatic N) is 4. The van der Waals surface area contributed by atoms with Gasteiger partial charge in [-0.3, -0.25) is 4.79 Å². The topological polar surface area (TPSA) is 88.8 Å². The molecule has 1 aliphatic rings. The molecule has 1 N–H and O–H groups in total. The van der Waals surface area contributed by atoms with Crippen LogP contribution in [0.25, 0.3) is 4.96 Å². The minimum atomic E-state index is -0.502. The molecule has 1 aliphatic heterocycles. The lowest BCUT2D eigenvalue weighted by molar-refractivity contribution is 0.0494. The Morgan fingerprint density at radius 3 is 2.84 bits per heavy atom. The number of anilines is 1. The number of rotatable bonds is 2. The van der Waals surface area contributed by atoms with Gasteiger partial charge in [0.1, 0.15) is 5.60 Å². The summed E-state index contributed by atoms with van der Waals surface area (Å²) in [5.41, 5.74) is -0.681. The van der Waals surface area contributed by atoms with Crippen molar-refractivity contribution in [1.29, 1.82) is 0 Å². The Morgan fingerprint density at radius 1 is 1.44 bits per heavy atom. The van der Waals surface area contributed by atoms with Crippen molar-refractivity contribution in [2.24, 2.45) is 0 Å². The third-order valence-corrected chi connectivity index (χ3v) is 4.96. The van der Waals surface area contributed by atoms with Crippen LogP contribution in [0.3, 0.4) is 0 Å². The fourth-order valence-corrected chi connectivity index (χ4v) is 3.92. The highest BCUT2D eigenvalue weighted by atomic mass is 32.1. The second-order valence-corrected chi connectivity index (χ2v) is 8.21. The van der Waals surface area contributed by atoms with E-state index in [0.29, 0.717) is 4.96 Å². The first-order chi connectivity index (χ1) is 11.7. The normalized spacial score (nSPS) is 21.4. The van der Waals surface area contributed by atoms with Crippen LogP contribution in [0.2, 0.25) is 0 Å². The van der Waals surface area contributed by atoms with Gasteiger partial charge in [0.25, 0.3) is 5.56 Å².